The number of ether oxygens (including phenoxy) is 2. The van der Waals surface area contributed by atoms with Gasteiger partial charge in [-0.15, -0.1) is 0 Å². The van der Waals surface area contributed by atoms with Gasteiger partial charge in [-0.1, -0.05) is 0 Å². The number of hydrogen-bond acceptors (Lipinski definition) is 3. The van der Waals surface area contributed by atoms with Crippen LogP contribution in [0.1, 0.15) is 36.8 Å². The lowest BCUT2D eigenvalue weighted by molar-refractivity contribution is 0.0167. The monoisotopic (exact) mass is 283 g/mol. The molecule has 3 nitrogen and oxygen atoms in total. The molecule has 0 aliphatic carbocycles. The van der Waals surface area contributed by atoms with Crippen molar-refractivity contribution >= 4 is 0 Å². The fourth-order valence-corrected chi connectivity index (χ4v) is 2.87. The van der Waals surface area contributed by atoms with Gasteiger partial charge < -0.3 is 14.8 Å². The summed E-state index contributed by atoms with van der Waals surface area (Å²) in [6, 6.07) is 3.02. The van der Waals surface area contributed by atoms with Crippen molar-refractivity contribution in [3.8, 4) is 11.5 Å². The van der Waals surface area contributed by atoms with E-state index >= 15 is 0 Å². The first-order valence-corrected chi connectivity index (χ1v) is 7.08. The van der Waals surface area contributed by atoms with E-state index in [2.05, 4.69) is 5.32 Å². The zero-order valence-electron chi connectivity index (χ0n) is 11.5. The molecule has 0 unspecified atom stereocenters. The third kappa shape index (κ3) is 2.59. The van der Waals surface area contributed by atoms with E-state index in [1.165, 1.54) is 6.07 Å². The van der Waals surface area contributed by atoms with Gasteiger partial charge in [0.2, 0.25) is 0 Å². The lowest BCUT2D eigenvalue weighted by Crippen LogP contribution is -2.28. The quantitative estimate of drug-likeness (QED) is 0.905. The molecule has 20 heavy (non-hydrogen) atoms. The van der Waals surface area contributed by atoms with E-state index < -0.39 is 5.92 Å². The van der Waals surface area contributed by atoms with E-state index in [0.29, 0.717) is 24.7 Å². The average Bonchev–Trinajstić information content (AvgIpc) is 2.46. The predicted molar refractivity (Wildman–Crippen MR) is 71.8 cm³/mol. The highest BCUT2D eigenvalue weighted by atomic mass is 19.3. The second kappa shape index (κ2) is 5.20. The number of alkyl halides is 2. The third-order valence-electron chi connectivity index (χ3n) is 3.96. The topological polar surface area (TPSA) is 30.5 Å². The SMILES string of the molecule is CC(F)(F)c1cc2c(c(C3CCNCC3)c1)OCCO2. The molecule has 3 rings (SSSR count). The van der Waals surface area contributed by atoms with Crippen LogP contribution in [0.4, 0.5) is 8.78 Å². The van der Waals surface area contributed by atoms with Crippen molar-refractivity contribution in [2.24, 2.45) is 0 Å². The summed E-state index contributed by atoms with van der Waals surface area (Å²) in [6.45, 7) is 3.63. The van der Waals surface area contributed by atoms with Crippen molar-refractivity contribution in [3.05, 3.63) is 23.3 Å². The fraction of sp³-hybridized carbons (Fsp3) is 0.600. The van der Waals surface area contributed by atoms with Gasteiger partial charge in [0, 0.05) is 18.1 Å². The van der Waals surface area contributed by atoms with Crippen LogP contribution in [-0.4, -0.2) is 26.3 Å². The molecule has 0 amide bonds. The molecule has 1 fully saturated rings. The highest BCUT2D eigenvalue weighted by Crippen LogP contribution is 2.44. The van der Waals surface area contributed by atoms with Crippen molar-refractivity contribution in [1.29, 1.82) is 0 Å². The second-order valence-corrected chi connectivity index (χ2v) is 5.50. The van der Waals surface area contributed by atoms with Crippen LogP contribution in [-0.2, 0) is 5.92 Å². The summed E-state index contributed by atoms with van der Waals surface area (Å²) in [5, 5.41) is 3.29. The molecular weight excluding hydrogens is 264 g/mol. The molecule has 0 bridgehead atoms. The number of benzene rings is 1. The maximum absolute atomic E-state index is 13.7. The van der Waals surface area contributed by atoms with Crippen LogP contribution in [0.5, 0.6) is 11.5 Å². The van der Waals surface area contributed by atoms with Gasteiger partial charge in [0.1, 0.15) is 13.2 Å². The van der Waals surface area contributed by atoms with Crippen molar-refractivity contribution in [2.45, 2.75) is 31.6 Å². The standard InChI is InChI=1S/C15H19F2NO2/c1-15(16,17)11-8-12(10-2-4-18-5-3-10)14-13(9-11)19-6-7-20-14/h8-10,18H,2-7H2,1H3. The summed E-state index contributed by atoms with van der Waals surface area (Å²) in [5.74, 6) is -1.48. The maximum Gasteiger partial charge on any atom is 0.270 e. The molecule has 1 aromatic carbocycles. The van der Waals surface area contributed by atoms with Crippen LogP contribution in [0.2, 0.25) is 0 Å². The van der Waals surface area contributed by atoms with Gasteiger partial charge in [0.25, 0.3) is 5.92 Å². The summed E-state index contributed by atoms with van der Waals surface area (Å²) in [7, 11) is 0. The molecule has 2 aliphatic rings. The lowest BCUT2D eigenvalue weighted by Gasteiger charge is -2.29. The Kier molecular flexibility index (Phi) is 3.54. The summed E-state index contributed by atoms with van der Waals surface area (Å²) < 4.78 is 38.5. The molecule has 2 aliphatic heterocycles. The average molecular weight is 283 g/mol. The van der Waals surface area contributed by atoms with Gasteiger partial charge in [0.05, 0.1) is 0 Å². The summed E-state index contributed by atoms with van der Waals surface area (Å²) in [6.07, 6.45) is 1.88. The molecule has 110 valence electrons. The Morgan fingerprint density at radius 2 is 1.85 bits per heavy atom. The minimum Gasteiger partial charge on any atom is -0.486 e. The number of halogens is 2. The zero-order valence-corrected chi connectivity index (χ0v) is 11.5. The zero-order chi connectivity index (χ0) is 14.2. The molecule has 0 atom stereocenters. The Morgan fingerprint density at radius 3 is 2.55 bits per heavy atom. The normalized spacial score (nSPS) is 19.9. The van der Waals surface area contributed by atoms with Crippen LogP contribution in [0.15, 0.2) is 12.1 Å². The highest BCUT2D eigenvalue weighted by molar-refractivity contribution is 5.52. The first kappa shape index (κ1) is 13.6. The Bertz CT molecular complexity index is 493. The van der Waals surface area contributed by atoms with Crippen LogP contribution in [0.25, 0.3) is 0 Å². The summed E-state index contributed by atoms with van der Waals surface area (Å²) in [5.41, 5.74) is 0.885. The van der Waals surface area contributed by atoms with Gasteiger partial charge in [-0.3, -0.25) is 0 Å². The summed E-state index contributed by atoms with van der Waals surface area (Å²) in [4.78, 5) is 0. The molecule has 0 spiro atoms. The van der Waals surface area contributed by atoms with E-state index in [0.717, 1.165) is 38.4 Å². The third-order valence-corrected chi connectivity index (χ3v) is 3.96. The van der Waals surface area contributed by atoms with Crippen molar-refractivity contribution in [1.82, 2.24) is 5.32 Å². The minimum atomic E-state index is -2.86. The molecule has 0 aromatic heterocycles. The van der Waals surface area contributed by atoms with Crippen LogP contribution < -0.4 is 14.8 Å². The van der Waals surface area contributed by atoms with Crippen molar-refractivity contribution in [2.75, 3.05) is 26.3 Å². The van der Waals surface area contributed by atoms with Crippen LogP contribution in [0, 0.1) is 0 Å². The number of rotatable bonds is 2. The molecule has 0 radical (unpaired) electrons. The molecule has 1 saturated heterocycles. The molecule has 5 heteroatoms. The largest absolute Gasteiger partial charge is 0.486 e. The van der Waals surface area contributed by atoms with E-state index in [9.17, 15) is 8.78 Å². The van der Waals surface area contributed by atoms with Gasteiger partial charge >= 0.3 is 0 Å². The molecular formula is C15H19F2NO2. The summed E-state index contributed by atoms with van der Waals surface area (Å²) >= 11 is 0. The van der Waals surface area contributed by atoms with Crippen molar-refractivity contribution < 1.29 is 18.3 Å². The fourth-order valence-electron chi connectivity index (χ4n) is 2.87. The van der Waals surface area contributed by atoms with Crippen LogP contribution in [0.3, 0.4) is 0 Å². The van der Waals surface area contributed by atoms with Gasteiger partial charge in [-0.05, 0) is 44.0 Å². The molecule has 1 N–H and O–H groups in total. The Labute approximate surface area is 117 Å². The Morgan fingerprint density at radius 1 is 1.15 bits per heavy atom. The predicted octanol–water partition coefficient (Wildman–Crippen LogP) is 3.04. The second-order valence-electron chi connectivity index (χ2n) is 5.50. The lowest BCUT2D eigenvalue weighted by atomic mass is 9.87. The first-order valence-electron chi connectivity index (χ1n) is 7.08. The molecule has 1 aromatic rings. The van der Waals surface area contributed by atoms with Gasteiger partial charge in [0.15, 0.2) is 11.5 Å². The van der Waals surface area contributed by atoms with E-state index in [-0.39, 0.29) is 11.5 Å². The smallest absolute Gasteiger partial charge is 0.270 e. The number of piperidine rings is 1. The first-order chi connectivity index (χ1) is 9.55. The van der Waals surface area contributed by atoms with Gasteiger partial charge in [-0.2, -0.15) is 0 Å². The molecule has 2 heterocycles. The van der Waals surface area contributed by atoms with Gasteiger partial charge in [-0.25, -0.2) is 8.78 Å². The number of nitrogens with one attached hydrogen (secondary N) is 1. The Balaban J connectivity index is 2.05. The highest BCUT2D eigenvalue weighted by Gasteiger charge is 2.31. The minimum absolute atomic E-state index is 0.00952. The number of fused-ring (bicyclic) bond motifs is 1. The molecule has 0 saturated carbocycles. The van der Waals surface area contributed by atoms with E-state index in [4.69, 9.17) is 9.47 Å². The van der Waals surface area contributed by atoms with Crippen molar-refractivity contribution in [3.63, 3.8) is 0 Å². The van der Waals surface area contributed by atoms with E-state index in [1.807, 2.05) is 0 Å². The Hall–Kier alpha value is -1.36. The van der Waals surface area contributed by atoms with E-state index in [1.54, 1.807) is 6.07 Å². The van der Waals surface area contributed by atoms with Crippen LogP contribution >= 0.6 is 0 Å². The number of hydrogen-bond donors (Lipinski definition) is 1. The maximum atomic E-state index is 13.7.